The number of rotatable bonds is 4. The van der Waals surface area contributed by atoms with Crippen LogP contribution in [0, 0.1) is 0 Å². The van der Waals surface area contributed by atoms with Crippen LogP contribution in [0.2, 0.25) is 0 Å². The van der Waals surface area contributed by atoms with Crippen LogP contribution in [0.4, 0.5) is 5.82 Å². The van der Waals surface area contributed by atoms with E-state index in [1.807, 2.05) is 30.3 Å². The number of benzene rings is 1. The predicted molar refractivity (Wildman–Crippen MR) is 71.6 cm³/mol. The molecule has 0 aliphatic heterocycles. The fourth-order valence-electron chi connectivity index (χ4n) is 1.96. The van der Waals surface area contributed by atoms with Gasteiger partial charge >= 0.3 is 0 Å². The topological polar surface area (TPSA) is 86.7 Å². The molecule has 0 aliphatic carbocycles. The number of anilines is 1. The molecule has 0 bridgehead atoms. The van der Waals surface area contributed by atoms with Gasteiger partial charge in [0.2, 0.25) is 0 Å². The number of hydrogen-bond donors (Lipinski definition) is 3. The summed E-state index contributed by atoms with van der Waals surface area (Å²) in [5.74, 6) is 0.630. The Labute approximate surface area is 109 Å². The molecule has 3 aromatic rings. The number of nitrogens with zero attached hydrogens (tertiary/aromatic N) is 3. The van der Waals surface area contributed by atoms with Crippen molar-refractivity contribution in [2.75, 3.05) is 11.9 Å². The van der Waals surface area contributed by atoms with Gasteiger partial charge in [-0.15, -0.1) is 0 Å². The summed E-state index contributed by atoms with van der Waals surface area (Å²) in [4.78, 5) is 15.3. The summed E-state index contributed by atoms with van der Waals surface area (Å²) in [5.41, 5.74) is 2.33. The largest absolute Gasteiger partial charge is 0.394 e. The Morgan fingerprint density at radius 1 is 1.16 bits per heavy atom. The maximum atomic E-state index is 9.53. The molecule has 0 saturated heterocycles. The van der Waals surface area contributed by atoms with Gasteiger partial charge in [0.25, 0.3) is 0 Å². The quantitative estimate of drug-likeness (QED) is 0.657. The Kier molecular flexibility index (Phi) is 3.07. The SMILES string of the molecule is OC[C@H](Nc1ncnc2nc[nH]c12)c1ccccc1. The second-order valence-electron chi connectivity index (χ2n) is 4.11. The molecule has 1 aromatic carbocycles. The van der Waals surface area contributed by atoms with E-state index in [0.29, 0.717) is 11.5 Å². The molecule has 0 spiro atoms. The molecule has 6 heteroatoms. The standard InChI is InChI=1S/C13H13N5O/c19-6-10(9-4-2-1-3-5-9)18-13-11-12(15-7-14-11)16-8-17-13/h1-5,7-8,10,19H,6H2,(H2,14,15,16,17,18)/t10-/m0/s1. The van der Waals surface area contributed by atoms with Gasteiger partial charge in [-0.3, -0.25) is 0 Å². The summed E-state index contributed by atoms with van der Waals surface area (Å²) in [5, 5.41) is 12.7. The van der Waals surface area contributed by atoms with Gasteiger partial charge in [-0.2, -0.15) is 0 Å². The van der Waals surface area contributed by atoms with Crippen LogP contribution in [0.25, 0.3) is 11.2 Å². The van der Waals surface area contributed by atoms with E-state index in [-0.39, 0.29) is 12.6 Å². The first-order chi connectivity index (χ1) is 9.38. The smallest absolute Gasteiger partial charge is 0.182 e. The normalized spacial score (nSPS) is 12.5. The van der Waals surface area contributed by atoms with E-state index in [1.54, 1.807) is 6.33 Å². The minimum absolute atomic E-state index is 0.0242. The Morgan fingerprint density at radius 3 is 2.79 bits per heavy atom. The lowest BCUT2D eigenvalue weighted by Gasteiger charge is -2.17. The lowest BCUT2D eigenvalue weighted by Crippen LogP contribution is -2.15. The molecule has 3 rings (SSSR count). The van der Waals surface area contributed by atoms with Gasteiger partial charge < -0.3 is 15.4 Å². The van der Waals surface area contributed by atoms with E-state index in [4.69, 9.17) is 0 Å². The number of fused-ring (bicyclic) bond motifs is 1. The third-order valence-corrected chi connectivity index (χ3v) is 2.92. The van der Waals surface area contributed by atoms with E-state index in [1.165, 1.54) is 6.33 Å². The third-order valence-electron chi connectivity index (χ3n) is 2.92. The van der Waals surface area contributed by atoms with Crippen molar-refractivity contribution in [2.45, 2.75) is 6.04 Å². The highest BCUT2D eigenvalue weighted by Gasteiger charge is 2.13. The molecular weight excluding hydrogens is 242 g/mol. The zero-order valence-electron chi connectivity index (χ0n) is 10.1. The maximum absolute atomic E-state index is 9.53. The van der Waals surface area contributed by atoms with Crippen LogP contribution in [0.3, 0.4) is 0 Å². The highest BCUT2D eigenvalue weighted by Crippen LogP contribution is 2.21. The molecule has 0 amide bonds. The van der Waals surface area contributed by atoms with E-state index in [2.05, 4.69) is 25.3 Å². The van der Waals surface area contributed by atoms with Crippen molar-refractivity contribution in [3.8, 4) is 0 Å². The second-order valence-corrected chi connectivity index (χ2v) is 4.11. The van der Waals surface area contributed by atoms with E-state index < -0.39 is 0 Å². The number of H-pyrrole nitrogens is 1. The number of aliphatic hydroxyl groups is 1. The van der Waals surface area contributed by atoms with Crippen LogP contribution in [-0.2, 0) is 0 Å². The fourth-order valence-corrected chi connectivity index (χ4v) is 1.96. The first-order valence-corrected chi connectivity index (χ1v) is 5.95. The Morgan fingerprint density at radius 2 is 2.00 bits per heavy atom. The van der Waals surface area contributed by atoms with Crippen LogP contribution >= 0.6 is 0 Å². The van der Waals surface area contributed by atoms with Crippen molar-refractivity contribution in [2.24, 2.45) is 0 Å². The molecule has 0 saturated carbocycles. The van der Waals surface area contributed by atoms with Crippen molar-refractivity contribution in [1.82, 2.24) is 19.9 Å². The van der Waals surface area contributed by atoms with Crippen molar-refractivity contribution in [1.29, 1.82) is 0 Å². The average molecular weight is 255 g/mol. The molecule has 6 nitrogen and oxygen atoms in total. The number of nitrogens with one attached hydrogen (secondary N) is 2. The number of imidazole rings is 1. The molecule has 0 fully saturated rings. The highest BCUT2D eigenvalue weighted by atomic mass is 16.3. The summed E-state index contributed by atoms with van der Waals surface area (Å²) >= 11 is 0. The molecular formula is C13H13N5O. The zero-order chi connectivity index (χ0) is 13.1. The maximum Gasteiger partial charge on any atom is 0.182 e. The van der Waals surface area contributed by atoms with E-state index in [9.17, 15) is 5.11 Å². The average Bonchev–Trinajstić information content (AvgIpc) is 2.95. The number of aromatic amines is 1. The monoisotopic (exact) mass is 255 g/mol. The zero-order valence-corrected chi connectivity index (χ0v) is 10.1. The van der Waals surface area contributed by atoms with Crippen LogP contribution in [-0.4, -0.2) is 31.6 Å². The molecule has 0 radical (unpaired) electrons. The van der Waals surface area contributed by atoms with Crippen LogP contribution < -0.4 is 5.32 Å². The minimum Gasteiger partial charge on any atom is -0.394 e. The van der Waals surface area contributed by atoms with E-state index >= 15 is 0 Å². The molecule has 3 N–H and O–H groups in total. The van der Waals surface area contributed by atoms with Gasteiger partial charge in [-0.1, -0.05) is 30.3 Å². The summed E-state index contributed by atoms with van der Waals surface area (Å²) in [6, 6.07) is 9.51. The van der Waals surface area contributed by atoms with Crippen molar-refractivity contribution >= 4 is 17.0 Å². The molecule has 96 valence electrons. The number of aromatic nitrogens is 4. The van der Waals surface area contributed by atoms with Gasteiger partial charge in [-0.05, 0) is 5.56 Å². The van der Waals surface area contributed by atoms with Gasteiger partial charge in [0.15, 0.2) is 11.5 Å². The van der Waals surface area contributed by atoms with Crippen molar-refractivity contribution in [3.63, 3.8) is 0 Å². The molecule has 2 aromatic heterocycles. The Balaban J connectivity index is 1.93. The van der Waals surface area contributed by atoms with Crippen molar-refractivity contribution < 1.29 is 5.11 Å². The molecule has 2 heterocycles. The summed E-state index contributed by atoms with van der Waals surface area (Å²) < 4.78 is 0. The molecule has 1 atom stereocenters. The lowest BCUT2D eigenvalue weighted by atomic mass is 10.1. The lowest BCUT2D eigenvalue weighted by molar-refractivity contribution is 0.276. The second kappa shape index (κ2) is 5.03. The summed E-state index contributed by atoms with van der Waals surface area (Å²) in [6.45, 7) is -0.0242. The van der Waals surface area contributed by atoms with E-state index in [0.717, 1.165) is 11.1 Å². The molecule has 0 aliphatic rings. The summed E-state index contributed by atoms with van der Waals surface area (Å²) in [6.07, 6.45) is 3.02. The number of aliphatic hydroxyl groups excluding tert-OH is 1. The first-order valence-electron chi connectivity index (χ1n) is 5.95. The Hall–Kier alpha value is -2.47. The number of hydrogen-bond acceptors (Lipinski definition) is 5. The van der Waals surface area contributed by atoms with Gasteiger partial charge in [0.05, 0.1) is 19.0 Å². The first kappa shape index (κ1) is 11.6. The predicted octanol–water partition coefficient (Wildman–Crippen LogP) is 1.50. The van der Waals surface area contributed by atoms with Crippen molar-refractivity contribution in [3.05, 3.63) is 48.5 Å². The fraction of sp³-hybridized carbons (Fsp3) is 0.154. The third kappa shape index (κ3) is 2.25. The summed E-state index contributed by atoms with van der Waals surface area (Å²) in [7, 11) is 0. The van der Waals surface area contributed by atoms with Crippen LogP contribution in [0.5, 0.6) is 0 Å². The molecule has 19 heavy (non-hydrogen) atoms. The van der Waals surface area contributed by atoms with Crippen LogP contribution in [0.15, 0.2) is 43.0 Å². The minimum atomic E-state index is -0.220. The Bertz CT molecular complexity index is 667. The molecule has 0 unspecified atom stereocenters. The van der Waals surface area contributed by atoms with Gasteiger partial charge in [0.1, 0.15) is 11.8 Å². The van der Waals surface area contributed by atoms with Crippen LogP contribution in [0.1, 0.15) is 11.6 Å². The highest BCUT2D eigenvalue weighted by molar-refractivity contribution is 5.82. The van der Waals surface area contributed by atoms with Gasteiger partial charge in [-0.25, -0.2) is 15.0 Å². The van der Waals surface area contributed by atoms with Gasteiger partial charge in [0, 0.05) is 0 Å².